The molecule has 0 fully saturated rings. The Bertz CT molecular complexity index is 533. The number of aryl methyl sites for hydroxylation is 1. The van der Waals surface area contributed by atoms with Crippen LogP contribution in [-0.4, -0.2) is 9.97 Å². The number of hydrogen-bond acceptors (Lipinski definition) is 3. The molecular formula is C15H19N3. The molecule has 18 heavy (non-hydrogen) atoms. The van der Waals surface area contributed by atoms with Crippen LogP contribution < -0.4 is 5.73 Å². The molecule has 2 N–H and O–H groups in total. The molecule has 2 rings (SSSR count). The lowest BCUT2D eigenvalue weighted by molar-refractivity contribution is 0.583. The smallest absolute Gasteiger partial charge is 0.138 e. The van der Waals surface area contributed by atoms with Crippen molar-refractivity contribution in [3.63, 3.8) is 0 Å². The van der Waals surface area contributed by atoms with Crippen molar-refractivity contribution in [1.29, 1.82) is 0 Å². The molecule has 3 nitrogen and oxygen atoms in total. The van der Waals surface area contributed by atoms with E-state index in [0.29, 0.717) is 6.54 Å². The lowest BCUT2D eigenvalue weighted by Gasteiger charge is -2.24. The van der Waals surface area contributed by atoms with E-state index in [0.717, 1.165) is 17.1 Å². The van der Waals surface area contributed by atoms with Crippen molar-refractivity contribution in [3.8, 4) is 0 Å². The molecule has 0 aliphatic heterocycles. The van der Waals surface area contributed by atoms with Crippen LogP contribution in [0.2, 0.25) is 0 Å². The Hall–Kier alpha value is -1.74. The van der Waals surface area contributed by atoms with E-state index in [1.807, 2.05) is 31.3 Å². The maximum absolute atomic E-state index is 5.71. The van der Waals surface area contributed by atoms with Crippen LogP contribution in [-0.2, 0) is 12.0 Å². The Morgan fingerprint density at radius 2 is 1.83 bits per heavy atom. The average Bonchev–Trinajstić information content (AvgIpc) is 2.40. The summed E-state index contributed by atoms with van der Waals surface area (Å²) in [4.78, 5) is 9.07. The molecule has 1 aromatic carbocycles. The maximum atomic E-state index is 5.71. The van der Waals surface area contributed by atoms with E-state index in [1.54, 1.807) is 0 Å². The predicted octanol–water partition coefficient (Wildman–Crippen LogP) is 2.57. The van der Waals surface area contributed by atoms with Crippen LogP contribution in [0.25, 0.3) is 0 Å². The zero-order valence-corrected chi connectivity index (χ0v) is 11.1. The quantitative estimate of drug-likeness (QED) is 0.898. The van der Waals surface area contributed by atoms with Gasteiger partial charge in [0.05, 0.1) is 5.69 Å². The second-order valence-corrected chi connectivity index (χ2v) is 5.02. The summed E-state index contributed by atoms with van der Waals surface area (Å²) in [6.45, 7) is 6.70. The lowest BCUT2D eigenvalue weighted by atomic mass is 9.83. The van der Waals surface area contributed by atoms with Gasteiger partial charge in [0.2, 0.25) is 0 Å². The van der Waals surface area contributed by atoms with Gasteiger partial charge in [-0.2, -0.15) is 0 Å². The zero-order valence-electron chi connectivity index (χ0n) is 11.1. The fourth-order valence-corrected chi connectivity index (χ4v) is 1.97. The molecule has 0 spiro atoms. The van der Waals surface area contributed by atoms with E-state index >= 15 is 0 Å². The van der Waals surface area contributed by atoms with E-state index in [4.69, 9.17) is 5.73 Å². The molecule has 0 atom stereocenters. The minimum absolute atomic E-state index is 0.209. The van der Waals surface area contributed by atoms with Gasteiger partial charge in [-0.25, -0.2) is 9.97 Å². The fraction of sp³-hybridized carbons (Fsp3) is 0.333. The maximum Gasteiger partial charge on any atom is 0.138 e. The molecule has 0 saturated carbocycles. The molecule has 94 valence electrons. The predicted molar refractivity (Wildman–Crippen MR) is 73.2 cm³/mol. The monoisotopic (exact) mass is 241 g/mol. The molecule has 0 aliphatic rings. The van der Waals surface area contributed by atoms with Crippen LogP contribution in [0.15, 0.2) is 36.5 Å². The standard InChI is InChI=1S/C15H19N3/c1-11-10-17-14(18-13(11)9-16)15(2,3)12-7-5-4-6-8-12/h4-8,10H,9,16H2,1-3H3. The van der Waals surface area contributed by atoms with E-state index in [-0.39, 0.29) is 5.41 Å². The second-order valence-electron chi connectivity index (χ2n) is 5.02. The third-order valence-electron chi connectivity index (χ3n) is 3.32. The summed E-state index contributed by atoms with van der Waals surface area (Å²) >= 11 is 0. The van der Waals surface area contributed by atoms with Gasteiger partial charge in [-0.3, -0.25) is 0 Å². The fourth-order valence-electron chi connectivity index (χ4n) is 1.97. The van der Waals surface area contributed by atoms with Gasteiger partial charge in [-0.1, -0.05) is 30.3 Å². The normalized spacial score (nSPS) is 11.6. The zero-order chi connectivity index (χ0) is 13.2. The van der Waals surface area contributed by atoms with E-state index < -0.39 is 0 Å². The Balaban J connectivity index is 2.47. The Morgan fingerprint density at radius 1 is 1.17 bits per heavy atom. The Labute approximate surface area is 108 Å². The van der Waals surface area contributed by atoms with Crippen LogP contribution in [0.4, 0.5) is 0 Å². The highest BCUT2D eigenvalue weighted by Gasteiger charge is 2.26. The SMILES string of the molecule is Cc1cnc(C(C)(C)c2ccccc2)nc1CN. The van der Waals surface area contributed by atoms with Crippen molar-refractivity contribution >= 4 is 0 Å². The summed E-state index contributed by atoms with van der Waals surface area (Å²) < 4.78 is 0. The van der Waals surface area contributed by atoms with Crippen LogP contribution >= 0.6 is 0 Å². The molecule has 3 heteroatoms. The molecule has 0 unspecified atom stereocenters. The molecule has 2 aromatic rings. The van der Waals surface area contributed by atoms with Crippen molar-refractivity contribution in [2.24, 2.45) is 5.73 Å². The summed E-state index contributed by atoms with van der Waals surface area (Å²) in [6.07, 6.45) is 1.86. The first kappa shape index (κ1) is 12.7. The van der Waals surface area contributed by atoms with Gasteiger partial charge < -0.3 is 5.73 Å². The van der Waals surface area contributed by atoms with Crippen LogP contribution in [0.5, 0.6) is 0 Å². The van der Waals surface area contributed by atoms with Crippen molar-refractivity contribution < 1.29 is 0 Å². The van der Waals surface area contributed by atoms with Gasteiger partial charge in [0, 0.05) is 18.2 Å². The molecule has 0 saturated heterocycles. The molecular weight excluding hydrogens is 222 g/mol. The molecule has 0 amide bonds. The van der Waals surface area contributed by atoms with Gasteiger partial charge in [0.15, 0.2) is 0 Å². The number of aromatic nitrogens is 2. The summed E-state index contributed by atoms with van der Waals surface area (Å²) in [5.74, 6) is 0.819. The summed E-state index contributed by atoms with van der Waals surface area (Å²) in [5, 5.41) is 0. The highest BCUT2D eigenvalue weighted by atomic mass is 14.9. The average molecular weight is 241 g/mol. The van der Waals surface area contributed by atoms with E-state index in [1.165, 1.54) is 5.56 Å². The van der Waals surface area contributed by atoms with Crippen LogP contribution in [0.1, 0.15) is 36.5 Å². The van der Waals surface area contributed by atoms with E-state index in [2.05, 4.69) is 35.9 Å². The summed E-state index contributed by atoms with van der Waals surface area (Å²) in [6, 6.07) is 10.3. The van der Waals surface area contributed by atoms with Crippen LogP contribution in [0, 0.1) is 6.92 Å². The van der Waals surface area contributed by atoms with Crippen molar-refractivity contribution in [2.75, 3.05) is 0 Å². The minimum Gasteiger partial charge on any atom is -0.325 e. The molecule has 0 bridgehead atoms. The number of rotatable bonds is 3. The number of nitrogens with zero attached hydrogens (tertiary/aromatic N) is 2. The summed E-state index contributed by atoms with van der Waals surface area (Å²) in [7, 11) is 0. The first-order valence-corrected chi connectivity index (χ1v) is 6.14. The molecule has 0 aliphatic carbocycles. The van der Waals surface area contributed by atoms with Gasteiger partial charge in [-0.05, 0) is 31.9 Å². The second kappa shape index (κ2) is 4.86. The van der Waals surface area contributed by atoms with Crippen molar-refractivity contribution in [1.82, 2.24) is 9.97 Å². The Morgan fingerprint density at radius 3 is 2.44 bits per heavy atom. The third-order valence-corrected chi connectivity index (χ3v) is 3.32. The highest BCUT2D eigenvalue weighted by Crippen LogP contribution is 2.28. The number of benzene rings is 1. The highest BCUT2D eigenvalue weighted by molar-refractivity contribution is 5.31. The van der Waals surface area contributed by atoms with Gasteiger partial charge in [0.25, 0.3) is 0 Å². The van der Waals surface area contributed by atoms with Gasteiger partial charge in [-0.15, -0.1) is 0 Å². The third kappa shape index (κ3) is 2.27. The Kier molecular flexibility index (Phi) is 3.43. The lowest BCUT2D eigenvalue weighted by Crippen LogP contribution is -2.23. The minimum atomic E-state index is -0.209. The van der Waals surface area contributed by atoms with Crippen molar-refractivity contribution in [2.45, 2.75) is 32.7 Å². The topological polar surface area (TPSA) is 51.8 Å². The summed E-state index contributed by atoms with van der Waals surface area (Å²) in [5.41, 5.74) is 8.67. The first-order valence-electron chi connectivity index (χ1n) is 6.14. The van der Waals surface area contributed by atoms with E-state index in [9.17, 15) is 0 Å². The van der Waals surface area contributed by atoms with Crippen LogP contribution in [0.3, 0.4) is 0 Å². The number of hydrogen-bond donors (Lipinski definition) is 1. The number of nitrogens with two attached hydrogens (primary N) is 1. The van der Waals surface area contributed by atoms with Crippen molar-refractivity contribution in [3.05, 3.63) is 59.2 Å². The first-order chi connectivity index (χ1) is 8.55. The molecule has 1 heterocycles. The van der Waals surface area contributed by atoms with Gasteiger partial charge in [0.1, 0.15) is 5.82 Å². The molecule has 1 aromatic heterocycles. The van der Waals surface area contributed by atoms with Gasteiger partial charge >= 0.3 is 0 Å². The molecule has 0 radical (unpaired) electrons. The largest absolute Gasteiger partial charge is 0.325 e.